The molecule has 1 aliphatic heterocycles. The van der Waals surface area contributed by atoms with Crippen molar-refractivity contribution in [3.63, 3.8) is 0 Å². The molecule has 2 aromatic carbocycles. The van der Waals surface area contributed by atoms with Crippen molar-refractivity contribution in [1.29, 1.82) is 0 Å². The number of rotatable bonds is 4. The van der Waals surface area contributed by atoms with Crippen LogP contribution in [0.4, 0.5) is 0 Å². The van der Waals surface area contributed by atoms with Crippen LogP contribution in [0.1, 0.15) is 19.8 Å². The highest BCUT2D eigenvalue weighted by molar-refractivity contribution is 7.89. The summed E-state index contributed by atoms with van der Waals surface area (Å²) in [4.78, 5) is 12.3. The van der Waals surface area contributed by atoms with Crippen LogP contribution in [0.25, 0.3) is 10.8 Å². The van der Waals surface area contributed by atoms with Gasteiger partial charge in [-0.2, -0.15) is 4.31 Å². The maximum atomic E-state index is 13.0. The van der Waals surface area contributed by atoms with Crippen molar-refractivity contribution in [2.75, 3.05) is 19.6 Å². The topological polar surface area (TPSA) is 66.5 Å². The Morgan fingerprint density at radius 3 is 2.71 bits per heavy atom. The van der Waals surface area contributed by atoms with E-state index in [4.69, 9.17) is 0 Å². The van der Waals surface area contributed by atoms with Gasteiger partial charge in [-0.1, -0.05) is 30.3 Å². The molecule has 1 heterocycles. The lowest BCUT2D eigenvalue weighted by atomic mass is 9.99. The zero-order valence-corrected chi connectivity index (χ0v) is 14.6. The summed E-state index contributed by atoms with van der Waals surface area (Å²) in [6, 6.07) is 12.9. The van der Waals surface area contributed by atoms with E-state index in [1.165, 1.54) is 4.31 Å². The summed E-state index contributed by atoms with van der Waals surface area (Å²) in [6.45, 7) is 3.14. The fourth-order valence-corrected chi connectivity index (χ4v) is 4.73. The van der Waals surface area contributed by atoms with Crippen molar-refractivity contribution < 1.29 is 13.2 Å². The highest BCUT2D eigenvalue weighted by Gasteiger charge is 2.33. The molecule has 24 heavy (non-hydrogen) atoms. The first-order valence-corrected chi connectivity index (χ1v) is 9.73. The SMILES string of the molecule is CCNC(=O)[C@H]1CCCN(S(=O)(=O)c2ccc3ccccc3c2)C1. The Kier molecular flexibility index (Phi) is 4.87. The first kappa shape index (κ1) is 16.9. The van der Waals surface area contributed by atoms with Gasteiger partial charge in [-0.05, 0) is 42.7 Å². The average Bonchev–Trinajstić information content (AvgIpc) is 2.61. The molecule has 0 aromatic heterocycles. The Morgan fingerprint density at radius 1 is 1.21 bits per heavy atom. The first-order valence-electron chi connectivity index (χ1n) is 8.29. The maximum absolute atomic E-state index is 13.0. The lowest BCUT2D eigenvalue weighted by Crippen LogP contribution is -2.45. The molecule has 6 heteroatoms. The minimum atomic E-state index is -3.58. The van der Waals surface area contributed by atoms with Crippen LogP contribution in [-0.2, 0) is 14.8 Å². The number of piperidine rings is 1. The molecule has 0 spiro atoms. The number of carbonyl (C=O) groups excluding carboxylic acids is 1. The third kappa shape index (κ3) is 3.30. The fraction of sp³-hybridized carbons (Fsp3) is 0.389. The van der Waals surface area contributed by atoms with Crippen LogP contribution in [0.3, 0.4) is 0 Å². The largest absolute Gasteiger partial charge is 0.356 e. The number of carbonyl (C=O) groups is 1. The molecule has 1 amide bonds. The average molecular weight is 346 g/mol. The summed E-state index contributed by atoms with van der Waals surface area (Å²) in [6.07, 6.45) is 1.43. The van der Waals surface area contributed by atoms with Gasteiger partial charge in [-0.15, -0.1) is 0 Å². The number of hydrogen-bond acceptors (Lipinski definition) is 3. The van der Waals surface area contributed by atoms with E-state index in [9.17, 15) is 13.2 Å². The van der Waals surface area contributed by atoms with Crippen LogP contribution >= 0.6 is 0 Å². The molecule has 3 rings (SSSR count). The molecule has 0 unspecified atom stereocenters. The van der Waals surface area contributed by atoms with Crippen LogP contribution < -0.4 is 5.32 Å². The van der Waals surface area contributed by atoms with Crippen molar-refractivity contribution >= 4 is 26.7 Å². The van der Waals surface area contributed by atoms with E-state index in [1.54, 1.807) is 12.1 Å². The number of fused-ring (bicyclic) bond motifs is 1. The molecule has 0 bridgehead atoms. The van der Waals surface area contributed by atoms with Gasteiger partial charge >= 0.3 is 0 Å². The molecule has 1 saturated heterocycles. The fourth-order valence-electron chi connectivity index (χ4n) is 3.17. The smallest absolute Gasteiger partial charge is 0.243 e. The number of nitrogens with one attached hydrogen (secondary N) is 1. The highest BCUT2D eigenvalue weighted by Crippen LogP contribution is 2.26. The Hall–Kier alpha value is -1.92. The number of sulfonamides is 1. The summed E-state index contributed by atoms with van der Waals surface area (Å²) < 4.78 is 27.3. The van der Waals surface area contributed by atoms with E-state index in [-0.39, 0.29) is 23.3 Å². The second-order valence-electron chi connectivity index (χ2n) is 6.11. The van der Waals surface area contributed by atoms with E-state index in [0.717, 1.165) is 17.2 Å². The predicted molar refractivity (Wildman–Crippen MR) is 94.1 cm³/mol. The van der Waals surface area contributed by atoms with Crippen molar-refractivity contribution in [2.45, 2.75) is 24.7 Å². The molecule has 0 saturated carbocycles. The Bertz CT molecular complexity index is 848. The molecule has 5 nitrogen and oxygen atoms in total. The van der Waals surface area contributed by atoms with Crippen LogP contribution in [0, 0.1) is 5.92 Å². The van der Waals surface area contributed by atoms with Gasteiger partial charge in [0.2, 0.25) is 15.9 Å². The van der Waals surface area contributed by atoms with Crippen LogP contribution in [0.15, 0.2) is 47.4 Å². The monoisotopic (exact) mass is 346 g/mol. The summed E-state index contributed by atoms with van der Waals surface area (Å²) >= 11 is 0. The third-order valence-corrected chi connectivity index (χ3v) is 6.33. The number of amides is 1. The van der Waals surface area contributed by atoms with Crippen LogP contribution in [0.2, 0.25) is 0 Å². The van der Waals surface area contributed by atoms with E-state index < -0.39 is 10.0 Å². The van der Waals surface area contributed by atoms with Gasteiger partial charge in [-0.3, -0.25) is 4.79 Å². The molecule has 1 fully saturated rings. The van der Waals surface area contributed by atoms with E-state index in [2.05, 4.69) is 5.32 Å². The van der Waals surface area contributed by atoms with Crippen molar-refractivity contribution in [2.24, 2.45) is 5.92 Å². The molecule has 128 valence electrons. The Balaban J connectivity index is 1.87. The minimum absolute atomic E-state index is 0.0593. The maximum Gasteiger partial charge on any atom is 0.243 e. The van der Waals surface area contributed by atoms with Gasteiger partial charge in [0.1, 0.15) is 0 Å². The molecule has 0 aliphatic carbocycles. The quantitative estimate of drug-likeness (QED) is 0.924. The van der Waals surface area contributed by atoms with Gasteiger partial charge in [0.05, 0.1) is 10.8 Å². The van der Waals surface area contributed by atoms with Crippen LogP contribution in [-0.4, -0.2) is 38.3 Å². The minimum Gasteiger partial charge on any atom is -0.356 e. The standard InChI is InChI=1S/C18H22N2O3S/c1-2-19-18(21)16-8-5-11-20(13-16)24(22,23)17-10-9-14-6-3-4-7-15(14)12-17/h3-4,6-7,9-10,12,16H,2,5,8,11,13H2,1H3,(H,19,21)/t16-/m0/s1. The summed E-state index contributed by atoms with van der Waals surface area (Å²) in [5, 5.41) is 4.70. The van der Waals surface area contributed by atoms with Gasteiger partial charge in [0.25, 0.3) is 0 Å². The Morgan fingerprint density at radius 2 is 1.96 bits per heavy atom. The second kappa shape index (κ2) is 6.91. The van der Waals surface area contributed by atoms with E-state index in [1.807, 2.05) is 37.3 Å². The van der Waals surface area contributed by atoms with E-state index >= 15 is 0 Å². The van der Waals surface area contributed by atoms with Crippen molar-refractivity contribution in [3.05, 3.63) is 42.5 Å². The number of nitrogens with zero attached hydrogens (tertiary/aromatic N) is 1. The first-order chi connectivity index (χ1) is 11.5. The molecule has 2 aromatic rings. The Labute approximate surface area is 142 Å². The summed E-state index contributed by atoms with van der Waals surface area (Å²) in [7, 11) is -3.58. The number of hydrogen-bond donors (Lipinski definition) is 1. The summed E-state index contributed by atoms with van der Waals surface area (Å²) in [5.74, 6) is -0.329. The molecule has 1 atom stereocenters. The normalized spacial score (nSPS) is 19.3. The second-order valence-corrected chi connectivity index (χ2v) is 8.04. The summed E-state index contributed by atoms with van der Waals surface area (Å²) in [5.41, 5.74) is 0. The van der Waals surface area contributed by atoms with Gasteiger partial charge in [-0.25, -0.2) is 8.42 Å². The van der Waals surface area contributed by atoms with E-state index in [0.29, 0.717) is 19.5 Å². The third-order valence-electron chi connectivity index (χ3n) is 4.46. The molecule has 1 aliphatic rings. The predicted octanol–water partition coefficient (Wildman–Crippen LogP) is 2.38. The lowest BCUT2D eigenvalue weighted by Gasteiger charge is -2.31. The zero-order valence-electron chi connectivity index (χ0n) is 13.7. The van der Waals surface area contributed by atoms with Crippen LogP contribution in [0.5, 0.6) is 0 Å². The number of benzene rings is 2. The van der Waals surface area contributed by atoms with Gasteiger partial charge in [0.15, 0.2) is 0 Å². The van der Waals surface area contributed by atoms with Gasteiger partial charge < -0.3 is 5.32 Å². The molecule has 1 N–H and O–H groups in total. The zero-order chi connectivity index (χ0) is 17.2. The molecular weight excluding hydrogens is 324 g/mol. The molecular formula is C18H22N2O3S. The van der Waals surface area contributed by atoms with Gasteiger partial charge in [0, 0.05) is 19.6 Å². The van der Waals surface area contributed by atoms with Crippen molar-refractivity contribution in [1.82, 2.24) is 9.62 Å². The van der Waals surface area contributed by atoms with Crippen molar-refractivity contribution in [3.8, 4) is 0 Å². The molecule has 0 radical (unpaired) electrons. The highest BCUT2D eigenvalue weighted by atomic mass is 32.2. The lowest BCUT2D eigenvalue weighted by molar-refractivity contribution is -0.125.